The number of fused-ring (bicyclic) bond motifs is 1. The third-order valence-electron chi connectivity index (χ3n) is 2.28. The van der Waals surface area contributed by atoms with E-state index in [1.807, 2.05) is 106 Å². The first-order valence-electron chi connectivity index (χ1n) is 9.72. The molecule has 0 bridgehead atoms. The summed E-state index contributed by atoms with van der Waals surface area (Å²) < 4.78 is 5.01. The van der Waals surface area contributed by atoms with Crippen molar-refractivity contribution in [2.45, 2.75) is 75.8 Å². The van der Waals surface area contributed by atoms with Crippen molar-refractivity contribution in [1.29, 1.82) is 0 Å². The van der Waals surface area contributed by atoms with Crippen molar-refractivity contribution >= 4 is 10.9 Å². The molecule has 0 saturated heterocycles. The molecule has 0 fully saturated rings. The van der Waals surface area contributed by atoms with Gasteiger partial charge in [-0.3, -0.25) is 4.98 Å². The predicted octanol–water partition coefficient (Wildman–Crippen LogP) is 8.07. The lowest BCUT2D eigenvalue weighted by atomic mass is 10.2. The summed E-state index contributed by atoms with van der Waals surface area (Å²) in [6.07, 6.45) is 4.00. The van der Waals surface area contributed by atoms with Gasteiger partial charge in [0.25, 0.3) is 0 Å². The number of hydrogen-bond donors (Lipinski definition) is 0. The molecule has 146 valence electrons. The van der Waals surface area contributed by atoms with Gasteiger partial charge in [-0.25, -0.2) is 0 Å². The third-order valence-corrected chi connectivity index (χ3v) is 2.28. The largest absolute Gasteiger partial charge is 0.378 e. The quantitative estimate of drug-likeness (QED) is 0.511. The van der Waals surface area contributed by atoms with E-state index >= 15 is 0 Å². The van der Waals surface area contributed by atoms with E-state index in [0.29, 0.717) is 6.61 Å². The summed E-state index contributed by atoms with van der Waals surface area (Å²) in [6.45, 7) is 20.6. The van der Waals surface area contributed by atoms with E-state index in [1.165, 1.54) is 5.39 Å². The molecule has 2 aromatic rings. The number of benzene rings is 1. The first-order chi connectivity index (χ1) is 12.3. The number of rotatable bonds is 2. The lowest BCUT2D eigenvalue weighted by molar-refractivity contribution is 0.182. The van der Waals surface area contributed by atoms with Gasteiger partial charge in [-0.05, 0) is 26.0 Å². The number of para-hydroxylation sites is 1. The van der Waals surface area contributed by atoms with Crippen LogP contribution in [0.5, 0.6) is 0 Å². The SMILES string of the molecule is C/C=C\C.CC.CC.CC.CC.COCc1ccc2ccccc2n1. The molecule has 0 unspecified atom stereocenters. The fourth-order valence-corrected chi connectivity index (χ4v) is 1.34. The van der Waals surface area contributed by atoms with Gasteiger partial charge >= 0.3 is 0 Å². The number of ether oxygens (including phenoxy) is 1. The summed E-state index contributed by atoms with van der Waals surface area (Å²) in [4.78, 5) is 4.44. The van der Waals surface area contributed by atoms with E-state index in [0.717, 1.165) is 11.2 Å². The minimum atomic E-state index is 0.574. The van der Waals surface area contributed by atoms with Crippen LogP contribution in [0.25, 0.3) is 10.9 Å². The fourth-order valence-electron chi connectivity index (χ4n) is 1.34. The topological polar surface area (TPSA) is 22.1 Å². The zero-order valence-electron chi connectivity index (χ0n) is 18.7. The van der Waals surface area contributed by atoms with Crippen LogP contribution in [-0.2, 0) is 11.3 Å². The van der Waals surface area contributed by atoms with Gasteiger partial charge in [-0.1, -0.05) is 91.8 Å². The fraction of sp³-hybridized carbons (Fsp3) is 0.522. The van der Waals surface area contributed by atoms with Gasteiger partial charge in [0.2, 0.25) is 0 Å². The van der Waals surface area contributed by atoms with Crippen molar-refractivity contribution in [3.63, 3.8) is 0 Å². The van der Waals surface area contributed by atoms with Crippen LogP contribution in [0.15, 0.2) is 48.6 Å². The highest BCUT2D eigenvalue weighted by Gasteiger charge is 1.95. The third kappa shape index (κ3) is 18.5. The van der Waals surface area contributed by atoms with Gasteiger partial charge in [0.1, 0.15) is 0 Å². The Morgan fingerprint density at radius 3 is 1.68 bits per heavy atom. The zero-order valence-corrected chi connectivity index (χ0v) is 18.7. The van der Waals surface area contributed by atoms with Crippen LogP contribution >= 0.6 is 0 Å². The van der Waals surface area contributed by atoms with Crippen LogP contribution in [0.2, 0.25) is 0 Å². The number of methoxy groups -OCH3 is 1. The Hall–Kier alpha value is -1.67. The lowest BCUT2D eigenvalue weighted by Gasteiger charge is -2.00. The number of nitrogens with zero attached hydrogens (tertiary/aromatic N) is 1. The molecule has 0 radical (unpaired) electrons. The number of allylic oxidation sites excluding steroid dienone is 2. The Labute approximate surface area is 158 Å². The van der Waals surface area contributed by atoms with Crippen molar-refractivity contribution in [2.75, 3.05) is 7.11 Å². The van der Waals surface area contributed by atoms with E-state index in [1.54, 1.807) is 7.11 Å². The molecule has 25 heavy (non-hydrogen) atoms. The van der Waals surface area contributed by atoms with Crippen LogP contribution in [0.4, 0.5) is 0 Å². The molecule has 0 aliphatic carbocycles. The molecule has 0 amide bonds. The Bertz CT molecular complexity index is 474. The van der Waals surface area contributed by atoms with Crippen LogP contribution < -0.4 is 0 Å². The Kier molecular flexibility index (Phi) is 37.7. The van der Waals surface area contributed by atoms with E-state index in [2.05, 4.69) is 17.1 Å². The molecule has 2 rings (SSSR count). The number of pyridine rings is 1. The summed E-state index contributed by atoms with van der Waals surface area (Å²) in [6, 6.07) is 12.1. The predicted molar refractivity (Wildman–Crippen MR) is 118 cm³/mol. The van der Waals surface area contributed by atoms with Gasteiger partial charge in [-0.15, -0.1) is 0 Å². The van der Waals surface area contributed by atoms with E-state index in [-0.39, 0.29) is 0 Å². The molecule has 1 aromatic carbocycles. The molecule has 0 aliphatic rings. The standard InChI is InChI=1S/C11H11NO.C4H8.4C2H6/c1-13-8-10-7-6-9-4-2-3-5-11(9)12-10;1-3-4-2;4*1-2/h2-7H,8H2,1H3;3-4H,1-2H3;4*1-2H3/b;4-3-;;;;. The molecule has 0 saturated carbocycles. The van der Waals surface area contributed by atoms with Crippen molar-refractivity contribution in [3.8, 4) is 0 Å². The smallest absolute Gasteiger partial charge is 0.0884 e. The molecule has 0 aliphatic heterocycles. The highest BCUT2D eigenvalue weighted by molar-refractivity contribution is 5.78. The lowest BCUT2D eigenvalue weighted by Crippen LogP contribution is -1.91. The van der Waals surface area contributed by atoms with E-state index < -0.39 is 0 Å². The Morgan fingerprint density at radius 2 is 1.24 bits per heavy atom. The highest BCUT2D eigenvalue weighted by Crippen LogP contribution is 2.11. The highest BCUT2D eigenvalue weighted by atomic mass is 16.5. The van der Waals surface area contributed by atoms with Crippen molar-refractivity contribution in [2.24, 2.45) is 0 Å². The van der Waals surface area contributed by atoms with Crippen LogP contribution in [0.1, 0.15) is 74.9 Å². The van der Waals surface area contributed by atoms with Crippen LogP contribution in [0.3, 0.4) is 0 Å². The molecule has 2 heteroatoms. The normalized spacial score (nSPS) is 7.96. The van der Waals surface area contributed by atoms with Crippen molar-refractivity contribution in [3.05, 3.63) is 54.2 Å². The Morgan fingerprint density at radius 1 is 0.760 bits per heavy atom. The van der Waals surface area contributed by atoms with Gasteiger partial charge in [0, 0.05) is 12.5 Å². The maximum atomic E-state index is 5.01. The summed E-state index contributed by atoms with van der Waals surface area (Å²) in [5.74, 6) is 0. The number of hydrogen-bond acceptors (Lipinski definition) is 2. The first-order valence-corrected chi connectivity index (χ1v) is 9.72. The van der Waals surface area contributed by atoms with Crippen molar-refractivity contribution < 1.29 is 4.74 Å². The summed E-state index contributed by atoms with van der Waals surface area (Å²) >= 11 is 0. The minimum absolute atomic E-state index is 0.574. The summed E-state index contributed by atoms with van der Waals surface area (Å²) in [5.41, 5.74) is 2.00. The van der Waals surface area contributed by atoms with Crippen molar-refractivity contribution in [1.82, 2.24) is 4.98 Å². The maximum absolute atomic E-state index is 5.01. The molecule has 0 N–H and O–H groups in total. The van der Waals surface area contributed by atoms with E-state index in [9.17, 15) is 0 Å². The van der Waals surface area contributed by atoms with E-state index in [4.69, 9.17) is 4.74 Å². The minimum Gasteiger partial charge on any atom is -0.378 e. The average molecular weight is 350 g/mol. The molecular weight excluding hydrogens is 306 g/mol. The second-order valence-electron chi connectivity index (χ2n) is 3.59. The van der Waals surface area contributed by atoms with Crippen LogP contribution in [-0.4, -0.2) is 12.1 Å². The molecule has 0 spiro atoms. The molecule has 0 atom stereocenters. The molecule has 2 nitrogen and oxygen atoms in total. The maximum Gasteiger partial charge on any atom is 0.0884 e. The average Bonchev–Trinajstić information content (AvgIpc) is 2.74. The summed E-state index contributed by atoms with van der Waals surface area (Å²) in [7, 11) is 1.68. The number of aromatic nitrogens is 1. The molecule has 1 heterocycles. The van der Waals surface area contributed by atoms with Gasteiger partial charge in [0.15, 0.2) is 0 Å². The Balaban J connectivity index is -0.000000156. The second kappa shape index (κ2) is 30.2. The van der Waals surface area contributed by atoms with Gasteiger partial charge < -0.3 is 4.74 Å². The first kappa shape index (κ1) is 31.1. The van der Waals surface area contributed by atoms with Crippen LogP contribution in [0, 0.1) is 0 Å². The molecule has 1 aromatic heterocycles. The second-order valence-corrected chi connectivity index (χ2v) is 3.59. The summed E-state index contributed by atoms with van der Waals surface area (Å²) in [5, 5.41) is 1.17. The van der Waals surface area contributed by atoms with Gasteiger partial charge in [0.05, 0.1) is 17.8 Å². The monoisotopic (exact) mass is 349 g/mol. The zero-order chi connectivity index (χ0) is 20.5. The molecular formula is C23H43NO. The van der Waals surface area contributed by atoms with Gasteiger partial charge in [-0.2, -0.15) is 0 Å².